The minimum absolute atomic E-state index is 0.0596. The summed E-state index contributed by atoms with van der Waals surface area (Å²) in [5.74, 6) is 5.58. The molecular formula is C18H18ClF3N3OS+. The number of thioether (sulfide) groups is 1. The maximum atomic E-state index is 12.5. The van der Waals surface area contributed by atoms with Crippen LogP contribution in [-0.4, -0.2) is 49.8 Å². The van der Waals surface area contributed by atoms with Crippen LogP contribution in [-0.2, 0) is 4.79 Å². The number of halogens is 4. The number of allylic oxidation sites excluding steroid dienone is 1. The van der Waals surface area contributed by atoms with Gasteiger partial charge in [0.25, 0.3) is 0 Å². The monoisotopic (exact) mass is 416 g/mol. The Bertz CT molecular complexity index is 798. The van der Waals surface area contributed by atoms with E-state index in [9.17, 15) is 18.0 Å². The normalized spacial score (nSPS) is 13.4. The standard InChI is InChI=1S/C18H18ClF3N3OS/c1-2-3-9-24(16(26)6-10-27-11-7-18(20,21)22)15-13-25(17(15)19)14-5-4-8-23-12-14/h4-5,8,12-13H,6-7,9-11H2,1H3/q+1. The Morgan fingerprint density at radius 2 is 2.19 bits per heavy atom. The number of hydrogen-bond acceptors (Lipinski definition) is 3. The second kappa shape index (κ2) is 9.81. The van der Waals surface area contributed by atoms with Crippen LogP contribution >= 0.6 is 23.4 Å². The lowest BCUT2D eigenvalue weighted by Crippen LogP contribution is -2.39. The van der Waals surface area contributed by atoms with Crippen LogP contribution in [0, 0.1) is 11.8 Å². The van der Waals surface area contributed by atoms with Gasteiger partial charge in [-0.2, -0.15) is 24.9 Å². The van der Waals surface area contributed by atoms with Gasteiger partial charge in [0.1, 0.15) is 0 Å². The number of alkyl halides is 3. The molecule has 1 aliphatic heterocycles. The number of nitrogens with zero attached hydrogens (tertiary/aromatic N) is 3. The fourth-order valence-corrected chi connectivity index (χ4v) is 3.40. The number of carbonyl (C=O) groups is 1. The Labute approximate surface area is 165 Å². The average Bonchev–Trinajstić information content (AvgIpc) is 2.62. The van der Waals surface area contributed by atoms with Gasteiger partial charge in [0, 0.05) is 30.2 Å². The van der Waals surface area contributed by atoms with Gasteiger partial charge in [0.2, 0.25) is 17.8 Å². The molecular weight excluding hydrogens is 399 g/mol. The summed E-state index contributed by atoms with van der Waals surface area (Å²) in [7, 11) is 0. The van der Waals surface area contributed by atoms with Crippen molar-refractivity contribution in [2.45, 2.75) is 25.9 Å². The highest BCUT2D eigenvalue weighted by Gasteiger charge is 2.36. The number of pyridine rings is 1. The van der Waals surface area contributed by atoms with Crippen molar-refractivity contribution in [2.24, 2.45) is 0 Å². The van der Waals surface area contributed by atoms with E-state index in [1.165, 1.54) is 4.90 Å². The van der Waals surface area contributed by atoms with Crippen molar-refractivity contribution in [2.75, 3.05) is 18.1 Å². The van der Waals surface area contributed by atoms with Gasteiger partial charge >= 0.3 is 11.3 Å². The summed E-state index contributed by atoms with van der Waals surface area (Å²) in [6, 6.07) is 3.60. The zero-order valence-electron chi connectivity index (χ0n) is 14.6. The second-order valence-electron chi connectivity index (χ2n) is 5.52. The summed E-state index contributed by atoms with van der Waals surface area (Å²) in [4.78, 5) is 18.0. The van der Waals surface area contributed by atoms with Crippen LogP contribution in [0.25, 0.3) is 0 Å². The predicted molar refractivity (Wildman–Crippen MR) is 101 cm³/mol. The molecule has 2 heterocycles. The van der Waals surface area contributed by atoms with E-state index >= 15 is 0 Å². The zero-order chi connectivity index (χ0) is 19.9. The SMILES string of the molecule is CC#CCN(C(=O)CCSCCC(F)(F)F)C1=C[N+](c2cccnc2)=C1Cl. The van der Waals surface area contributed by atoms with Gasteiger partial charge < -0.3 is 0 Å². The lowest BCUT2D eigenvalue weighted by molar-refractivity contribution is -0.373. The third kappa shape index (κ3) is 6.29. The maximum absolute atomic E-state index is 12.5. The number of carbonyl (C=O) groups excluding carboxylic acids is 1. The third-order valence-electron chi connectivity index (χ3n) is 3.59. The van der Waals surface area contributed by atoms with Crippen LogP contribution in [0.5, 0.6) is 0 Å². The van der Waals surface area contributed by atoms with Crippen molar-refractivity contribution >= 4 is 40.1 Å². The maximum Gasteiger partial charge on any atom is 0.389 e. The van der Waals surface area contributed by atoms with Gasteiger partial charge in [0.05, 0.1) is 19.2 Å². The Morgan fingerprint density at radius 3 is 2.78 bits per heavy atom. The Morgan fingerprint density at radius 1 is 1.41 bits per heavy atom. The predicted octanol–water partition coefficient (Wildman–Crippen LogP) is 4.15. The van der Waals surface area contributed by atoms with Gasteiger partial charge in [-0.3, -0.25) is 14.7 Å². The Hall–Kier alpha value is -1.98. The van der Waals surface area contributed by atoms with Crippen LogP contribution < -0.4 is 0 Å². The van der Waals surface area contributed by atoms with E-state index in [1.54, 1.807) is 36.2 Å². The fraction of sp³-hybridized carbons (Fsp3) is 0.389. The molecule has 4 nitrogen and oxygen atoms in total. The van der Waals surface area contributed by atoms with Gasteiger partial charge in [-0.1, -0.05) is 5.92 Å². The van der Waals surface area contributed by atoms with Crippen LogP contribution in [0.15, 0.2) is 36.4 Å². The zero-order valence-corrected chi connectivity index (χ0v) is 16.2. The molecule has 0 atom stereocenters. The van der Waals surface area contributed by atoms with Gasteiger partial charge in [-0.05, 0) is 24.6 Å². The molecule has 0 aliphatic carbocycles. The first kappa shape index (κ1) is 21.3. The van der Waals surface area contributed by atoms with E-state index in [1.807, 2.05) is 6.07 Å². The molecule has 0 spiro atoms. The van der Waals surface area contributed by atoms with Crippen LogP contribution in [0.2, 0.25) is 0 Å². The van der Waals surface area contributed by atoms with E-state index in [0.717, 1.165) is 17.4 Å². The molecule has 1 aromatic heterocycles. The molecule has 0 aromatic carbocycles. The van der Waals surface area contributed by atoms with Crippen molar-refractivity contribution in [3.63, 3.8) is 0 Å². The van der Waals surface area contributed by atoms with Crippen LogP contribution in [0.3, 0.4) is 0 Å². The molecule has 0 bridgehead atoms. The summed E-state index contributed by atoms with van der Waals surface area (Å²) >= 11 is 7.45. The molecule has 0 fully saturated rings. The van der Waals surface area contributed by atoms with Crippen molar-refractivity contribution in [1.29, 1.82) is 0 Å². The lowest BCUT2D eigenvalue weighted by Gasteiger charge is -2.24. The van der Waals surface area contributed by atoms with E-state index < -0.39 is 12.6 Å². The minimum atomic E-state index is -4.17. The molecule has 0 unspecified atom stereocenters. The minimum Gasteiger partial charge on any atom is -0.289 e. The smallest absolute Gasteiger partial charge is 0.289 e. The first-order valence-electron chi connectivity index (χ1n) is 8.12. The summed E-state index contributed by atoms with van der Waals surface area (Å²) in [6.07, 6.45) is 0.0834. The van der Waals surface area contributed by atoms with E-state index in [4.69, 9.17) is 11.6 Å². The van der Waals surface area contributed by atoms with Crippen molar-refractivity contribution in [1.82, 2.24) is 9.88 Å². The summed E-state index contributed by atoms with van der Waals surface area (Å²) in [5, 5.41) is 0.374. The highest BCUT2D eigenvalue weighted by molar-refractivity contribution is 7.99. The molecule has 1 aromatic rings. The molecule has 0 N–H and O–H groups in total. The van der Waals surface area contributed by atoms with E-state index in [0.29, 0.717) is 16.6 Å². The van der Waals surface area contributed by atoms with Crippen molar-refractivity contribution in [3.05, 3.63) is 36.4 Å². The molecule has 27 heavy (non-hydrogen) atoms. The highest BCUT2D eigenvalue weighted by atomic mass is 35.5. The van der Waals surface area contributed by atoms with Crippen molar-refractivity contribution < 1.29 is 22.5 Å². The average molecular weight is 417 g/mol. The molecule has 1 aliphatic rings. The molecule has 1 amide bonds. The third-order valence-corrected chi connectivity index (χ3v) is 4.96. The topological polar surface area (TPSA) is 36.2 Å². The lowest BCUT2D eigenvalue weighted by atomic mass is 10.2. The number of amides is 1. The molecule has 2 rings (SSSR count). The second-order valence-corrected chi connectivity index (χ2v) is 7.10. The van der Waals surface area contributed by atoms with Gasteiger partial charge in [0.15, 0.2) is 5.70 Å². The van der Waals surface area contributed by atoms with E-state index in [2.05, 4.69) is 16.8 Å². The fourth-order valence-electron chi connectivity index (χ4n) is 2.20. The highest BCUT2D eigenvalue weighted by Crippen LogP contribution is 2.26. The number of aromatic nitrogens is 1. The molecule has 0 saturated carbocycles. The molecule has 144 valence electrons. The van der Waals surface area contributed by atoms with Gasteiger partial charge in [-0.15, -0.1) is 10.5 Å². The number of rotatable bonds is 8. The van der Waals surface area contributed by atoms with Crippen molar-refractivity contribution in [3.8, 4) is 11.8 Å². The molecule has 9 heteroatoms. The Balaban J connectivity index is 1.95. The molecule has 0 radical (unpaired) electrons. The van der Waals surface area contributed by atoms with Crippen LogP contribution in [0.1, 0.15) is 19.8 Å². The Kier molecular flexibility index (Phi) is 7.75. The van der Waals surface area contributed by atoms with Crippen LogP contribution in [0.4, 0.5) is 18.9 Å². The molecule has 0 saturated heterocycles. The summed E-state index contributed by atoms with van der Waals surface area (Å²) < 4.78 is 38.1. The summed E-state index contributed by atoms with van der Waals surface area (Å²) in [5.41, 5.74) is 1.30. The first-order valence-corrected chi connectivity index (χ1v) is 9.65. The van der Waals surface area contributed by atoms with Gasteiger partial charge in [-0.25, -0.2) is 0 Å². The van der Waals surface area contributed by atoms with E-state index in [-0.39, 0.29) is 24.6 Å². The number of hydrogen-bond donors (Lipinski definition) is 0. The summed E-state index contributed by atoms with van der Waals surface area (Å²) in [6.45, 7) is 1.84. The largest absolute Gasteiger partial charge is 0.389 e. The first-order chi connectivity index (χ1) is 12.8. The quantitative estimate of drug-likeness (QED) is 0.363.